The van der Waals surface area contributed by atoms with Crippen LogP contribution in [0.25, 0.3) is 6.08 Å². The van der Waals surface area contributed by atoms with Crippen LogP contribution in [-0.2, 0) is 0 Å². The molecule has 0 saturated heterocycles. The summed E-state index contributed by atoms with van der Waals surface area (Å²) in [6.45, 7) is 3.55. The van der Waals surface area contributed by atoms with E-state index in [4.69, 9.17) is 5.26 Å². The highest BCUT2D eigenvalue weighted by Crippen LogP contribution is 2.17. The van der Waals surface area contributed by atoms with Crippen molar-refractivity contribution in [2.75, 3.05) is 0 Å². The van der Waals surface area contributed by atoms with E-state index >= 15 is 0 Å². The smallest absolute Gasteiger partial charge is 0.172 e. The zero-order chi connectivity index (χ0) is 7.40. The molecule has 1 rings (SSSR count). The van der Waals surface area contributed by atoms with E-state index in [0.717, 1.165) is 5.56 Å². The van der Waals surface area contributed by atoms with Crippen LogP contribution in [0.5, 0.6) is 5.75 Å². The van der Waals surface area contributed by atoms with E-state index < -0.39 is 0 Å². The molecule has 0 atom stereocenters. The lowest BCUT2D eigenvalue weighted by Gasteiger charge is -1.98. The molecule has 1 aromatic carbocycles. The molecule has 0 amide bonds. The van der Waals surface area contributed by atoms with Crippen molar-refractivity contribution in [1.82, 2.24) is 0 Å². The molecule has 0 aromatic heterocycles. The molecular weight excluding hydrogens is 128 g/mol. The molecule has 1 aromatic rings. The molecular formula is C8H8O2. The average Bonchev–Trinajstić information content (AvgIpc) is 2.04. The average molecular weight is 136 g/mol. The summed E-state index contributed by atoms with van der Waals surface area (Å²) in [7, 11) is 0. The summed E-state index contributed by atoms with van der Waals surface area (Å²) >= 11 is 0. The lowest BCUT2D eigenvalue weighted by atomic mass is 10.2. The highest BCUT2D eigenvalue weighted by Gasteiger charge is 1.95. The summed E-state index contributed by atoms with van der Waals surface area (Å²) in [4.78, 5) is 4.06. The van der Waals surface area contributed by atoms with Crippen LogP contribution in [0.15, 0.2) is 30.8 Å². The number of benzene rings is 1. The third kappa shape index (κ3) is 1.17. The molecule has 0 heterocycles. The normalized spacial score (nSPS) is 8.90. The lowest BCUT2D eigenvalue weighted by molar-refractivity contribution is -0.137. The fourth-order valence-electron chi connectivity index (χ4n) is 0.732. The van der Waals surface area contributed by atoms with Crippen LogP contribution in [0, 0.1) is 0 Å². The van der Waals surface area contributed by atoms with Gasteiger partial charge in [0.25, 0.3) is 0 Å². The molecule has 0 spiro atoms. The van der Waals surface area contributed by atoms with E-state index in [-0.39, 0.29) is 0 Å². The molecule has 0 aliphatic rings. The number of hydrogen-bond acceptors (Lipinski definition) is 2. The van der Waals surface area contributed by atoms with Crippen molar-refractivity contribution in [3.05, 3.63) is 36.4 Å². The van der Waals surface area contributed by atoms with E-state index in [1.165, 1.54) is 0 Å². The Kier molecular flexibility index (Phi) is 2.07. The van der Waals surface area contributed by atoms with Crippen molar-refractivity contribution < 1.29 is 10.1 Å². The van der Waals surface area contributed by atoms with Gasteiger partial charge in [-0.2, -0.15) is 0 Å². The molecule has 0 aliphatic carbocycles. The third-order valence-corrected chi connectivity index (χ3v) is 1.24. The van der Waals surface area contributed by atoms with E-state index in [9.17, 15) is 0 Å². The highest BCUT2D eigenvalue weighted by molar-refractivity contribution is 5.54. The molecule has 2 heteroatoms. The standard InChI is InChI=1S/C8H8O2/c1-2-7-5-3-4-6-8(7)10-9/h2-6,9H,1H2. The highest BCUT2D eigenvalue weighted by atomic mass is 17.1. The van der Waals surface area contributed by atoms with E-state index in [1.54, 1.807) is 24.3 Å². The Hall–Kier alpha value is -1.28. The van der Waals surface area contributed by atoms with Crippen molar-refractivity contribution in [3.63, 3.8) is 0 Å². The Labute approximate surface area is 59.3 Å². The summed E-state index contributed by atoms with van der Waals surface area (Å²) in [6, 6.07) is 7.09. The van der Waals surface area contributed by atoms with Crippen LogP contribution >= 0.6 is 0 Å². The van der Waals surface area contributed by atoms with Crippen molar-refractivity contribution in [1.29, 1.82) is 0 Å². The van der Waals surface area contributed by atoms with Gasteiger partial charge in [0.1, 0.15) is 0 Å². The zero-order valence-electron chi connectivity index (χ0n) is 5.45. The van der Waals surface area contributed by atoms with Gasteiger partial charge in [-0.05, 0) is 6.07 Å². The van der Waals surface area contributed by atoms with Gasteiger partial charge in [-0.15, -0.1) is 0 Å². The second-order valence-electron chi connectivity index (χ2n) is 1.83. The van der Waals surface area contributed by atoms with Gasteiger partial charge < -0.3 is 4.89 Å². The Morgan fingerprint density at radius 2 is 2.10 bits per heavy atom. The fraction of sp³-hybridized carbons (Fsp3) is 0. The Morgan fingerprint density at radius 1 is 1.40 bits per heavy atom. The van der Waals surface area contributed by atoms with Crippen LogP contribution in [0.3, 0.4) is 0 Å². The van der Waals surface area contributed by atoms with Gasteiger partial charge in [0.05, 0.1) is 0 Å². The maximum Gasteiger partial charge on any atom is 0.172 e. The first-order valence-electron chi connectivity index (χ1n) is 2.91. The van der Waals surface area contributed by atoms with Gasteiger partial charge in [-0.25, -0.2) is 5.26 Å². The molecule has 0 fully saturated rings. The van der Waals surface area contributed by atoms with Gasteiger partial charge in [-0.1, -0.05) is 30.9 Å². The van der Waals surface area contributed by atoms with Crippen LogP contribution in [0.1, 0.15) is 5.56 Å². The number of hydrogen-bond donors (Lipinski definition) is 1. The lowest BCUT2D eigenvalue weighted by Crippen LogP contribution is -1.85. The summed E-state index contributed by atoms with van der Waals surface area (Å²) in [5.41, 5.74) is 0.782. The quantitative estimate of drug-likeness (QED) is 0.498. The monoisotopic (exact) mass is 136 g/mol. The summed E-state index contributed by atoms with van der Waals surface area (Å²) < 4.78 is 0. The van der Waals surface area contributed by atoms with Crippen LogP contribution < -0.4 is 4.89 Å². The van der Waals surface area contributed by atoms with Crippen molar-refractivity contribution in [2.24, 2.45) is 0 Å². The molecule has 0 radical (unpaired) electrons. The van der Waals surface area contributed by atoms with Gasteiger partial charge in [-0.3, -0.25) is 0 Å². The van der Waals surface area contributed by atoms with Gasteiger partial charge in [0.2, 0.25) is 0 Å². The SMILES string of the molecule is C=Cc1ccccc1OO. The zero-order valence-corrected chi connectivity index (χ0v) is 5.45. The minimum Gasteiger partial charge on any atom is -0.340 e. The second-order valence-corrected chi connectivity index (χ2v) is 1.83. The van der Waals surface area contributed by atoms with Gasteiger partial charge in [0.15, 0.2) is 5.75 Å². The first kappa shape index (κ1) is 6.83. The maximum atomic E-state index is 8.30. The number of para-hydroxylation sites is 1. The molecule has 0 saturated carbocycles. The first-order chi connectivity index (χ1) is 4.88. The van der Waals surface area contributed by atoms with Crippen LogP contribution in [-0.4, -0.2) is 5.26 Å². The summed E-state index contributed by atoms with van der Waals surface area (Å²) in [5.74, 6) is 0.428. The molecule has 10 heavy (non-hydrogen) atoms. The fourth-order valence-corrected chi connectivity index (χ4v) is 0.732. The minimum atomic E-state index is 0.428. The third-order valence-electron chi connectivity index (χ3n) is 1.24. The van der Waals surface area contributed by atoms with E-state index in [1.807, 2.05) is 6.07 Å². The summed E-state index contributed by atoms with van der Waals surface area (Å²) in [6.07, 6.45) is 1.62. The Bertz CT molecular complexity index is 230. The summed E-state index contributed by atoms with van der Waals surface area (Å²) in [5, 5.41) is 8.30. The van der Waals surface area contributed by atoms with Crippen LogP contribution in [0.2, 0.25) is 0 Å². The minimum absolute atomic E-state index is 0.428. The van der Waals surface area contributed by atoms with Crippen molar-refractivity contribution in [3.8, 4) is 5.75 Å². The molecule has 2 nitrogen and oxygen atoms in total. The predicted octanol–water partition coefficient (Wildman–Crippen LogP) is 2.18. The topological polar surface area (TPSA) is 29.5 Å². The molecule has 0 unspecified atom stereocenters. The molecule has 0 aliphatic heterocycles. The van der Waals surface area contributed by atoms with E-state index in [2.05, 4.69) is 11.5 Å². The molecule has 1 N–H and O–H groups in total. The second kappa shape index (κ2) is 3.03. The first-order valence-corrected chi connectivity index (χ1v) is 2.91. The molecule has 0 bridgehead atoms. The predicted molar refractivity (Wildman–Crippen MR) is 39.8 cm³/mol. The molecule has 52 valence electrons. The van der Waals surface area contributed by atoms with Crippen molar-refractivity contribution >= 4 is 6.08 Å². The number of rotatable bonds is 2. The van der Waals surface area contributed by atoms with Crippen LogP contribution in [0.4, 0.5) is 0 Å². The Balaban J connectivity index is 3.08. The van der Waals surface area contributed by atoms with Crippen molar-refractivity contribution in [2.45, 2.75) is 0 Å². The van der Waals surface area contributed by atoms with E-state index in [0.29, 0.717) is 5.75 Å². The largest absolute Gasteiger partial charge is 0.340 e. The van der Waals surface area contributed by atoms with Gasteiger partial charge >= 0.3 is 0 Å². The Morgan fingerprint density at radius 3 is 2.60 bits per heavy atom. The van der Waals surface area contributed by atoms with Gasteiger partial charge in [0, 0.05) is 5.56 Å². The maximum absolute atomic E-state index is 8.30.